The molecular formula is C20H20ClF3N2O2. The van der Waals surface area contributed by atoms with E-state index in [0.29, 0.717) is 18.7 Å². The first-order chi connectivity index (χ1) is 13.3. The molecule has 0 radical (unpaired) electrons. The van der Waals surface area contributed by atoms with E-state index in [1.165, 1.54) is 6.07 Å². The second-order valence-electron chi connectivity index (χ2n) is 7.42. The molecule has 1 N–H and O–H groups in total. The summed E-state index contributed by atoms with van der Waals surface area (Å²) in [6, 6.07) is 4.13. The summed E-state index contributed by atoms with van der Waals surface area (Å²) in [5.41, 5.74) is -0.643. The second-order valence-corrected chi connectivity index (χ2v) is 7.83. The van der Waals surface area contributed by atoms with Gasteiger partial charge in [-0.25, -0.2) is 4.98 Å². The van der Waals surface area contributed by atoms with Gasteiger partial charge in [-0.15, -0.1) is 0 Å². The van der Waals surface area contributed by atoms with Crippen molar-refractivity contribution in [3.63, 3.8) is 0 Å². The lowest BCUT2D eigenvalue weighted by molar-refractivity contribution is -0.136. The highest BCUT2D eigenvalue weighted by Gasteiger charge is 2.36. The highest BCUT2D eigenvalue weighted by atomic mass is 35.5. The maximum absolute atomic E-state index is 13.6. The van der Waals surface area contributed by atoms with Crippen molar-refractivity contribution in [1.82, 2.24) is 10.3 Å². The summed E-state index contributed by atoms with van der Waals surface area (Å²) in [4.78, 5) is 16.5. The number of amides is 1. The fraction of sp³-hybridized carbons (Fsp3) is 0.500. The molecule has 1 atom stereocenters. The number of nitrogens with zero attached hydrogens (tertiary/aromatic N) is 1. The first kappa shape index (κ1) is 19.5. The van der Waals surface area contributed by atoms with E-state index in [4.69, 9.17) is 16.3 Å². The zero-order valence-corrected chi connectivity index (χ0v) is 15.9. The largest absolute Gasteiger partial charge is 0.418 e. The first-order valence-electron chi connectivity index (χ1n) is 9.44. The zero-order chi connectivity index (χ0) is 19.9. The van der Waals surface area contributed by atoms with Gasteiger partial charge in [0.1, 0.15) is 5.69 Å². The van der Waals surface area contributed by atoms with E-state index in [1.54, 1.807) is 6.07 Å². The Morgan fingerprint density at radius 1 is 1.21 bits per heavy atom. The van der Waals surface area contributed by atoms with Gasteiger partial charge in [-0.1, -0.05) is 11.6 Å². The average Bonchev–Trinajstić information content (AvgIpc) is 3.50. The second kappa shape index (κ2) is 7.52. The molecule has 150 valence electrons. The number of ether oxygens (including phenoxy) is 1. The summed E-state index contributed by atoms with van der Waals surface area (Å²) >= 11 is 6.26. The first-order valence-corrected chi connectivity index (χ1v) is 9.82. The molecule has 1 aromatic heterocycles. The number of nitrogens with one attached hydrogen (secondary N) is 1. The molecule has 1 aliphatic carbocycles. The molecule has 4 nitrogen and oxygen atoms in total. The Bertz CT molecular complexity index is 906. The minimum atomic E-state index is -4.58. The highest BCUT2D eigenvalue weighted by Crippen LogP contribution is 2.45. The summed E-state index contributed by atoms with van der Waals surface area (Å²) < 4.78 is 46.5. The third-order valence-corrected chi connectivity index (χ3v) is 5.55. The number of hydrogen-bond acceptors (Lipinski definition) is 3. The van der Waals surface area contributed by atoms with Gasteiger partial charge in [-0.3, -0.25) is 4.79 Å². The van der Waals surface area contributed by atoms with Crippen molar-refractivity contribution in [2.75, 3.05) is 13.2 Å². The molecule has 1 unspecified atom stereocenters. The lowest BCUT2D eigenvalue weighted by atomic mass is 10.0. The van der Waals surface area contributed by atoms with Crippen molar-refractivity contribution in [1.29, 1.82) is 0 Å². The van der Waals surface area contributed by atoms with Crippen LogP contribution in [-0.2, 0) is 10.9 Å². The Balaban J connectivity index is 1.66. The Labute approximate surface area is 165 Å². The molecule has 2 aromatic rings. The molecule has 0 bridgehead atoms. The van der Waals surface area contributed by atoms with E-state index in [9.17, 15) is 18.0 Å². The minimum absolute atomic E-state index is 0.0829. The molecule has 2 aliphatic rings. The summed E-state index contributed by atoms with van der Waals surface area (Å²) in [5, 5.41) is 3.01. The summed E-state index contributed by atoms with van der Waals surface area (Å²) in [6.07, 6.45) is -0.0529. The van der Waals surface area contributed by atoms with Gasteiger partial charge in [0.05, 0.1) is 22.2 Å². The van der Waals surface area contributed by atoms with Crippen LogP contribution >= 0.6 is 11.6 Å². The number of fused-ring (bicyclic) bond motifs is 1. The third-order valence-electron chi connectivity index (χ3n) is 5.24. The van der Waals surface area contributed by atoms with Crippen molar-refractivity contribution >= 4 is 28.4 Å². The highest BCUT2D eigenvalue weighted by molar-refractivity contribution is 6.35. The van der Waals surface area contributed by atoms with Crippen LogP contribution in [0.15, 0.2) is 18.2 Å². The van der Waals surface area contributed by atoms with Gasteiger partial charge in [-0.05, 0) is 61.8 Å². The van der Waals surface area contributed by atoms with Gasteiger partial charge >= 0.3 is 6.18 Å². The van der Waals surface area contributed by atoms with Crippen molar-refractivity contribution in [2.45, 2.75) is 50.3 Å². The van der Waals surface area contributed by atoms with E-state index >= 15 is 0 Å². The molecular weight excluding hydrogens is 393 g/mol. The van der Waals surface area contributed by atoms with Crippen LogP contribution in [0.4, 0.5) is 13.2 Å². The number of hydrogen-bond donors (Lipinski definition) is 1. The van der Waals surface area contributed by atoms with Gasteiger partial charge < -0.3 is 10.1 Å². The molecule has 0 spiro atoms. The van der Waals surface area contributed by atoms with E-state index in [-0.39, 0.29) is 33.6 Å². The number of aromatic nitrogens is 1. The molecule has 2 fully saturated rings. The van der Waals surface area contributed by atoms with E-state index in [0.717, 1.165) is 38.2 Å². The van der Waals surface area contributed by atoms with Crippen LogP contribution in [-0.4, -0.2) is 30.1 Å². The molecule has 28 heavy (non-hydrogen) atoms. The number of pyridine rings is 1. The number of carbonyl (C=O) groups excluding carboxylic acids is 1. The maximum atomic E-state index is 13.6. The van der Waals surface area contributed by atoms with Crippen LogP contribution in [0.3, 0.4) is 0 Å². The Kier molecular flexibility index (Phi) is 5.22. The fourth-order valence-corrected chi connectivity index (χ4v) is 3.81. The number of rotatable bonds is 4. The van der Waals surface area contributed by atoms with Crippen molar-refractivity contribution < 1.29 is 22.7 Å². The molecule has 2 heterocycles. The predicted octanol–water partition coefficient (Wildman–Crippen LogP) is 5.08. The molecule has 1 saturated heterocycles. The third kappa shape index (κ3) is 4.10. The summed E-state index contributed by atoms with van der Waals surface area (Å²) in [7, 11) is 0. The average molecular weight is 413 g/mol. The number of alkyl halides is 3. The van der Waals surface area contributed by atoms with Gasteiger partial charge in [0.15, 0.2) is 0 Å². The molecule has 1 aliphatic heterocycles. The summed E-state index contributed by atoms with van der Waals surface area (Å²) in [5.74, 6) is -0.419. The van der Waals surface area contributed by atoms with Crippen LogP contribution in [0.25, 0.3) is 10.9 Å². The van der Waals surface area contributed by atoms with Crippen LogP contribution < -0.4 is 5.32 Å². The molecule has 1 saturated carbocycles. The normalized spacial score (nSPS) is 20.4. The number of carbonyl (C=O) groups is 1. The lowest BCUT2D eigenvalue weighted by Gasteiger charge is -2.22. The topological polar surface area (TPSA) is 51.2 Å². The van der Waals surface area contributed by atoms with Gasteiger partial charge in [0, 0.05) is 18.5 Å². The van der Waals surface area contributed by atoms with Crippen LogP contribution in [0.5, 0.6) is 0 Å². The molecule has 1 aromatic carbocycles. The minimum Gasteiger partial charge on any atom is -0.376 e. The van der Waals surface area contributed by atoms with Gasteiger partial charge in [-0.2, -0.15) is 13.2 Å². The Hall–Kier alpha value is -1.86. The number of benzene rings is 1. The maximum Gasteiger partial charge on any atom is 0.418 e. The van der Waals surface area contributed by atoms with Gasteiger partial charge in [0.25, 0.3) is 5.91 Å². The van der Waals surface area contributed by atoms with Gasteiger partial charge in [0.2, 0.25) is 0 Å². The quantitative estimate of drug-likeness (QED) is 0.761. The van der Waals surface area contributed by atoms with E-state index in [2.05, 4.69) is 10.3 Å². The molecule has 8 heteroatoms. The standard InChI is InChI=1S/C20H20ClF3N2O2/c21-16-9-17(19(27)25-10-13-3-1-2-6-28-13)26-18-14(16)7-12(11-4-5-11)8-15(18)20(22,23)24/h7-9,11,13H,1-6,10H2,(H,25,27). The van der Waals surface area contributed by atoms with E-state index in [1.807, 2.05) is 0 Å². The summed E-state index contributed by atoms with van der Waals surface area (Å²) in [6.45, 7) is 0.946. The van der Waals surface area contributed by atoms with Crippen molar-refractivity contribution in [3.05, 3.63) is 40.0 Å². The lowest BCUT2D eigenvalue weighted by Crippen LogP contribution is -2.35. The fourth-order valence-electron chi connectivity index (χ4n) is 3.56. The zero-order valence-electron chi connectivity index (χ0n) is 15.1. The number of halogens is 4. The van der Waals surface area contributed by atoms with Crippen molar-refractivity contribution in [2.24, 2.45) is 0 Å². The monoisotopic (exact) mass is 412 g/mol. The molecule has 4 rings (SSSR count). The van der Waals surface area contributed by atoms with Crippen molar-refractivity contribution in [3.8, 4) is 0 Å². The van der Waals surface area contributed by atoms with Crippen LogP contribution in [0, 0.1) is 0 Å². The van der Waals surface area contributed by atoms with Crippen LogP contribution in [0.2, 0.25) is 5.02 Å². The van der Waals surface area contributed by atoms with Crippen LogP contribution in [0.1, 0.15) is 59.6 Å². The smallest absolute Gasteiger partial charge is 0.376 e. The Morgan fingerprint density at radius 2 is 2.00 bits per heavy atom. The Morgan fingerprint density at radius 3 is 2.64 bits per heavy atom. The van der Waals surface area contributed by atoms with E-state index < -0.39 is 17.6 Å². The molecule has 1 amide bonds. The predicted molar refractivity (Wildman–Crippen MR) is 99.7 cm³/mol. The SMILES string of the molecule is O=C(NCC1CCCCO1)c1cc(Cl)c2cc(C3CC3)cc(C(F)(F)F)c2n1.